The van der Waals surface area contributed by atoms with E-state index in [1.807, 2.05) is 0 Å². The second-order valence-corrected chi connectivity index (χ2v) is 3.85. The van der Waals surface area contributed by atoms with E-state index in [0.29, 0.717) is 0 Å². The molecule has 0 saturated carbocycles. The lowest BCUT2D eigenvalue weighted by Gasteiger charge is -2.08. The van der Waals surface area contributed by atoms with Crippen LogP contribution in [0.5, 0.6) is 0 Å². The predicted octanol–water partition coefficient (Wildman–Crippen LogP) is 1.40. The van der Waals surface area contributed by atoms with Gasteiger partial charge in [-0.05, 0) is 25.1 Å². The Balaban J connectivity index is 2.32. The molecule has 2 rings (SSSR count). The van der Waals surface area contributed by atoms with E-state index in [1.165, 1.54) is 13.0 Å². The molecular weight excluding hydrogens is 244 g/mol. The lowest BCUT2D eigenvalue weighted by molar-refractivity contribution is 0.146. The molecule has 5 nitrogen and oxygen atoms in total. The van der Waals surface area contributed by atoms with E-state index in [4.69, 9.17) is 10.3 Å². The second kappa shape index (κ2) is 4.79. The van der Waals surface area contributed by atoms with Crippen LogP contribution in [0.25, 0.3) is 11.4 Å². The minimum atomic E-state index is -1.00. The summed E-state index contributed by atoms with van der Waals surface area (Å²) in [6, 6.07) is 2.42. The van der Waals surface area contributed by atoms with Crippen molar-refractivity contribution in [2.45, 2.75) is 19.1 Å². The Hall–Kier alpha value is -1.86. The molecule has 7 heteroatoms. The van der Waals surface area contributed by atoms with Gasteiger partial charge in [0.15, 0.2) is 11.6 Å². The number of halogens is 2. The van der Waals surface area contributed by atoms with Crippen LogP contribution in [0.2, 0.25) is 0 Å². The van der Waals surface area contributed by atoms with E-state index in [9.17, 15) is 13.9 Å². The molecule has 0 aliphatic heterocycles. The van der Waals surface area contributed by atoms with Gasteiger partial charge in [-0.2, -0.15) is 4.98 Å². The van der Waals surface area contributed by atoms with Crippen molar-refractivity contribution >= 4 is 0 Å². The molecule has 2 unspecified atom stereocenters. The number of nitrogens with two attached hydrogens (primary N) is 1. The van der Waals surface area contributed by atoms with Gasteiger partial charge in [0, 0.05) is 5.56 Å². The highest BCUT2D eigenvalue weighted by Crippen LogP contribution is 2.21. The fraction of sp³-hybridized carbons (Fsp3) is 0.273. The number of hydrogen-bond donors (Lipinski definition) is 2. The number of aliphatic hydroxyl groups is 1. The maximum absolute atomic E-state index is 13.0. The summed E-state index contributed by atoms with van der Waals surface area (Å²) in [5.74, 6) is -1.84. The molecule has 0 amide bonds. The number of benzene rings is 1. The van der Waals surface area contributed by atoms with Crippen molar-refractivity contribution in [2.24, 2.45) is 5.73 Å². The summed E-state index contributed by atoms with van der Waals surface area (Å²) in [4.78, 5) is 3.92. The van der Waals surface area contributed by atoms with Crippen LogP contribution in [0.15, 0.2) is 22.7 Å². The number of aliphatic hydroxyl groups excluding tert-OH is 1. The third kappa shape index (κ3) is 2.36. The average Bonchev–Trinajstić information content (AvgIpc) is 2.81. The van der Waals surface area contributed by atoms with Crippen LogP contribution in [0, 0.1) is 11.6 Å². The standard InChI is InChI=1S/C11H11F2N3O2/c1-5(17)9(14)11-15-10(16-18-11)6-2-3-7(12)8(13)4-6/h2-5,9,17H,14H2,1H3. The highest BCUT2D eigenvalue weighted by atomic mass is 19.2. The molecule has 2 atom stereocenters. The van der Waals surface area contributed by atoms with E-state index < -0.39 is 23.8 Å². The number of rotatable bonds is 3. The van der Waals surface area contributed by atoms with Crippen LogP contribution in [0.1, 0.15) is 18.9 Å². The molecule has 18 heavy (non-hydrogen) atoms. The van der Waals surface area contributed by atoms with Gasteiger partial charge in [0.2, 0.25) is 11.7 Å². The summed E-state index contributed by atoms with van der Waals surface area (Å²) in [6.07, 6.45) is -0.858. The van der Waals surface area contributed by atoms with E-state index in [0.717, 1.165) is 12.1 Å². The fourth-order valence-corrected chi connectivity index (χ4v) is 1.33. The normalized spacial score (nSPS) is 14.5. The zero-order valence-corrected chi connectivity index (χ0v) is 9.47. The van der Waals surface area contributed by atoms with Gasteiger partial charge < -0.3 is 15.4 Å². The molecule has 3 N–H and O–H groups in total. The van der Waals surface area contributed by atoms with Crippen LogP contribution in [0.3, 0.4) is 0 Å². The van der Waals surface area contributed by atoms with Crippen molar-refractivity contribution in [3.8, 4) is 11.4 Å². The zero-order valence-electron chi connectivity index (χ0n) is 9.47. The molecular formula is C11H11F2N3O2. The predicted molar refractivity (Wildman–Crippen MR) is 58.3 cm³/mol. The molecule has 0 aliphatic rings. The molecule has 1 aromatic heterocycles. The first-order chi connectivity index (χ1) is 8.49. The maximum atomic E-state index is 13.0. The second-order valence-electron chi connectivity index (χ2n) is 3.85. The highest BCUT2D eigenvalue weighted by molar-refractivity contribution is 5.54. The van der Waals surface area contributed by atoms with Gasteiger partial charge in [-0.1, -0.05) is 5.16 Å². The quantitative estimate of drug-likeness (QED) is 0.865. The summed E-state index contributed by atoms with van der Waals surface area (Å²) in [7, 11) is 0. The van der Waals surface area contributed by atoms with Crippen molar-refractivity contribution in [2.75, 3.05) is 0 Å². The average molecular weight is 255 g/mol. The minimum Gasteiger partial charge on any atom is -0.391 e. The molecule has 1 heterocycles. The lowest BCUT2D eigenvalue weighted by atomic mass is 10.2. The molecule has 0 saturated heterocycles. The third-order valence-corrected chi connectivity index (χ3v) is 2.42. The summed E-state index contributed by atoms with van der Waals surface area (Å²) < 4.78 is 30.6. The molecule has 1 aromatic carbocycles. The Morgan fingerprint density at radius 2 is 2.06 bits per heavy atom. The smallest absolute Gasteiger partial charge is 0.246 e. The topological polar surface area (TPSA) is 85.2 Å². The Morgan fingerprint density at radius 3 is 2.67 bits per heavy atom. The monoisotopic (exact) mass is 255 g/mol. The van der Waals surface area contributed by atoms with Crippen LogP contribution in [-0.2, 0) is 0 Å². The first-order valence-electron chi connectivity index (χ1n) is 5.21. The lowest BCUT2D eigenvalue weighted by Crippen LogP contribution is -2.23. The summed E-state index contributed by atoms with van der Waals surface area (Å²) in [6.45, 7) is 1.48. The minimum absolute atomic E-state index is 0.0322. The largest absolute Gasteiger partial charge is 0.391 e. The molecule has 0 fully saturated rings. The Labute approximate surface area is 101 Å². The van der Waals surface area contributed by atoms with Gasteiger partial charge in [0.1, 0.15) is 6.04 Å². The third-order valence-electron chi connectivity index (χ3n) is 2.42. The zero-order chi connectivity index (χ0) is 13.3. The Kier molecular flexibility index (Phi) is 3.35. The summed E-state index contributed by atoms with van der Waals surface area (Å²) in [5, 5.41) is 12.9. The van der Waals surface area contributed by atoms with Crippen LogP contribution in [-0.4, -0.2) is 21.4 Å². The van der Waals surface area contributed by atoms with Crippen LogP contribution in [0.4, 0.5) is 8.78 Å². The summed E-state index contributed by atoms with van der Waals surface area (Å²) >= 11 is 0. The van der Waals surface area contributed by atoms with Crippen molar-refractivity contribution in [3.05, 3.63) is 35.7 Å². The van der Waals surface area contributed by atoms with Crippen molar-refractivity contribution in [1.29, 1.82) is 0 Å². The molecule has 0 radical (unpaired) electrons. The van der Waals surface area contributed by atoms with E-state index >= 15 is 0 Å². The Morgan fingerprint density at radius 1 is 1.33 bits per heavy atom. The van der Waals surface area contributed by atoms with Crippen LogP contribution < -0.4 is 5.73 Å². The Bertz CT molecular complexity index is 557. The van der Waals surface area contributed by atoms with Gasteiger partial charge in [-0.3, -0.25) is 0 Å². The SMILES string of the molecule is CC(O)C(N)c1nc(-c2ccc(F)c(F)c2)no1. The number of aromatic nitrogens is 2. The fourth-order valence-electron chi connectivity index (χ4n) is 1.33. The van der Waals surface area contributed by atoms with Gasteiger partial charge in [-0.25, -0.2) is 8.78 Å². The first-order valence-corrected chi connectivity index (χ1v) is 5.21. The first kappa shape index (κ1) is 12.6. The number of hydrogen-bond acceptors (Lipinski definition) is 5. The molecule has 2 aromatic rings. The van der Waals surface area contributed by atoms with Gasteiger partial charge in [-0.15, -0.1) is 0 Å². The van der Waals surface area contributed by atoms with E-state index in [2.05, 4.69) is 10.1 Å². The number of nitrogens with zero attached hydrogens (tertiary/aromatic N) is 2. The van der Waals surface area contributed by atoms with E-state index in [1.54, 1.807) is 0 Å². The molecule has 0 bridgehead atoms. The molecule has 0 aliphatic carbocycles. The van der Waals surface area contributed by atoms with Crippen molar-refractivity contribution in [3.63, 3.8) is 0 Å². The highest BCUT2D eigenvalue weighted by Gasteiger charge is 2.20. The summed E-state index contributed by atoms with van der Waals surface area (Å²) in [5.41, 5.74) is 5.87. The molecule has 96 valence electrons. The van der Waals surface area contributed by atoms with Gasteiger partial charge in [0.05, 0.1) is 6.10 Å². The molecule has 0 spiro atoms. The van der Waals surface area contributed by atoms with E-state index in [-0.39, 0.29) is 17.3 Å². The van der Waals surface area contributed by atoms with Crippen LogP contribution >= 0.6 is 0 Å². The van der Waals surface area contributed by atoms with Gasteiger partial charge >= 0.3 is 0 Å². The maximum Gasteiger partial charge on any atom is 0.246 e. The van der Waals surface area contributed by atoms with Crippen molar-refractivity contribution < 1.29 is 18.4 Å². The van der Waals surface area contributed by atoms with Gasteiger partial charge in [0.25, 0.3) is 0 Å². The van der Waals surface area contributed by atoms with Crippen molar-refractivity contribution in [1.82, 2.24) is 10.1 Å².